The van der Waals surface area contributed by atoms with Gasteiger partial charge in [0.25, 0.3) is 23.6 Å². The molecule has 1 atom stereocenters. The Hall–Kier alpha value is -4.16. The number of pyridine rings is 1. The van der Waals surface area contributed by atoms with Crippen LogP contribution < -0.4 is 19.9 Å². The van der Waals surface area contributed by atoms with E-state index in [2.05, 4.69) is 25.7 Å². The molecule has 182 valence electrons. The predicted molar refractivity (Wildman–Crippen MR) is 120 cm³/mol. The maximum Gasteiger partial charge on any atom is 0.293 e. The molecule has 1 aromatic carbocycles. The van der Waals surface area contributed by atoms with Crippen LogP contribution in [-0.2, 0) is 11.3 Å². The third-order valence-corrected chi connectivity index (χ3v) is 5.83. The lowest BCUT2D eigenvalue weighted by atomic mass is 10.2. The highest BCUT2D eigenvalue weighted by Crippen LogP contribution is 2.36. The highest BCUT2D eigenvalue weighted by atomic mass is 19.3. The summed E-state index contributed by atoms with van der Waals surface area (Å²) in [7, 11) is 1.50. The van der Waals surface area contributed by atoms with Gasteiger partial charge in [0.2, 0.25) is 0 Å². The summed E-state index contributed by atoms with van der Waals surface area (Å²) in [6.07, 6.45) is 1.20. The number of halogens is 2. The molecule has 11 nitrogen and oxygen atoms in total. The maximum atomic E-state index is 13.6. The molecule has 0 unspecified atom stereocenters. The number of rotatable bonds is 5. The van der Waals surface area contributed by atoms with Crippen molar-refractivity contribution in [1.29, 1.82) is 0 Å². The molecule has 35 heavy (non-hydrogen) atoms. The summed E-state index contributed by atoms with van der Waals surface area (Å²) in [5.74, 6) is -3.59. The van der Waals surface area contributed by atoms with Crippen LogP contribution in [0.15, 0.2) is 42.6 Å². The predicted octanol–water partition coefficient (Wildman–Crippen LogP) is 1.12. The van der Waals surface area contributed by atoms with Crippen molar-refractivity contribution in [2.24, 2.45) is 0 Å². The van der Waals surface area contributed by atoms with E-state index in [1.54, 1.807) is 6.07 Å². The van der Waals surface area contributed by atoms with Gasteiger partial charge in [-0.05, 0) is 10.8 Å². The summed E-state index contributed by atoms with van der Waals surface area (Å²) >= 11 is 0. The summed E-state index contributed by atoms with van der Waals surface area (Å²) in [6, 6.07) is 9.98. The molecule has 13 heteroatoms. The first kappa shape index (κ1) is 22.6. The molecule has 0 spiro atoms. The van der Waals surface area contributed by atoms with Gasteiger partial charge in [0.1, 0.15) is 12.6 Å². The highest BCUT2D eigenvalue weighted by molar-refractivity contribution is 6.01. The number of hydrogen-bond donors (Lipinski definition) is 1. The van der Waals surface area contributed by atoms with Crippen molar-refractivity contribution < 1.29 is 23.1 Å². The Bertz CT molecular complexity index is 1250. The molecular weight excluding hydrogens is 462 g/mol. The molecule has 1 N–H and O–H groups in total. The normalized spacial score (nSPS) is 19.2. The second-order valence-electron chi connectivity index (χ2n) is 8.41. The maximum absolute atomic E-state index is 13.6. The number of tetrazole rings is 1. The highest BCUT2D eigenvalue weighted by Gasteiger charge is 2.39. The molecule has 2 aliphatic heterocycles. The van der Waals surface area contributed by atoms with Crippen LogP contribution in [0.4, 0.5) is 20.3 Å². The molecule has 3 aromatic rings. The summed E-state index contributed by atoms with van der Waals surface area (Å²) in [6.45, 7) is -0.0549. The zero-order valence-electron chi connectivity index (χ0n) is 18.8. The van der Waals surface area contributed by atoms with Gasteiger partial charge in [-0.15, -0.1) is 10.2 Å². The zero-order valence-corrected chi connectivity index (χ0v) is 18.8. The minimum atomic E-state index is -2.76. The summed E-state index contributed by atoms with van der Waals surface area (Å²) < 4.78 is 33.0. The SMILES string of the molecule is CN1C(=O)[C@@H](NC(=O)c2nnn(Cc3ccccc3)n2)COc2cc(N3CCC(F)(F)C3)cnc21. The number of nitrogens with zero attached hydrogens (tertiary/aromatic N) is 7. The van der Waals surface area contributed by atoms with Crippen LogP contribution in [0.3, 0.4) is 0 Å². The number of fused-ring (bicyclic) bond motifs is 1. The number of carbonyl (C=O) groups is 2. The quantitative estimate of drug-likeness (QED) is 0.572. The van der Waals surface area contributed by atoms with Gasteiger partial charge in [-0.2, -0.15) is 4.80 Å². The van der Waals surface area contributed by atoms with Gasteiger partial charge in [0.05, 0.1) is 25.0 Å². The molecule has 0 saturated carbocycles. The lowest BCUT2D eigenvalue weighted by molar-refractivity contribution is -0.120. The van der Waals surface area contributed by atoms with Crippen LogP contribution in [-0.4, -0.2) is 75.7 Å². The molecule has 2 aliphatic rings. The smallest absolute Gasteiger partial charge is 0.293 e. The molecular formula is C22H22F2N8O3. The van der Waals surface area contributed by atoms with Gasteiger partial charge < -0.3 is 15.0 Å². The van der Waals surface area contributed by atoms with Gasteiger partial charge in [-0.25, -0.2) is 13.8 Å². The fraction of sp³-hybridized carbons (Fsp3) is 0.364. The van der Waals surface area contributed by atoms with Gasteiger partial charge >= 0.3 is 0 Å². The number of amides is 2. The van der Waals surface area contributed by atoms with Crippen LogP contribution in [0.2, 0.25) is 0 Å². The molecule has 5 rings (SSSR count). The Morgan fingerprint density at radius 1 is 1.29 bits per heavy atom. The van der Waals surface area contributed by atoms with E-state index in [1.807, 2.05) is 30.3 Å². The van der Waals surface area contributed by atoms with E-state index in [9.17, 15) is 18.4 Å². The fourth-order valence-corrected chi connectivity index (χ4v) is 3.97. The van der Waals surface area contributed by atoms with Crippen LogP contribution in [0.5, 0.6) is 5.75 Å². The van der Waals surface area contributed by atoms with E-state index in [0.717, 1.165) is 5.56 Å². The summed E-state index contributed by atoms with van der Waals surface area (Å²) in [4.78, 5) is 34.0. The Morgan fingerprint density at radius 3 is 2.83 bits per heavy atom. The third kappa shape index (κ3) is 4.74. The fourth-order valence-electron chi connectivity index (χ4n) is 3.97. The first-order valence-corrected chi connectivity index (χ1v) is 10.9. The first-order chi connectivity index (χ1) is 16.8. The number of hydrogen-bond acceptors (Lipinski definition) is 8. The molecule has 0 radical (unpaired) electrons. The topological polar surface area (TPSA) is 118 Å². The molecule has 0 aliphatic carbocycles. The van der Waals surface area contributed by atoms with Crippen molar-refractivity contribution in [3.05, 3.63) is 54.0 Å². The van der Waals surface area contributed by atoms with Crippen LogP contribution >= 0.6 is 0 Å². The zero-order chi connectivity index (χ0) is 24.6. The van der Waals surface area contributed by atoms with E-state index in [1.165, 1.54) is 27.8 Å². The number of aromatic nitrogens is 5. The second-order valence-corrected chi connectivity index (χ2v) is 8.41. The van der Waals surface area contributed by atoms with Crippen LogP contribution in [0.1, 0.15) is 22.6 Å². The number of carbonyl (C=O) groups excluding carboxylic acids is 2. The van der Waals surface area contributed by atoms with Crippen LogP contribution in [0.25, 0.3) is 0 Å². The number of ether oxygens (including phenoxy) is 1. The van der Waals surface area contributed by atoms with E-state index in [-0.39, 0.29) is 37.0 Å². The average Bonchev–Trinajstić information content (AvgIpc) is 3.44. The lowest BCUT2D eigenvalue weighted by Crippen LogP contribution is -2.49. The van der Waals surface area contributed by atoms with Gasteiger partial charge in [0, 0.05) is 26.1 Å². The molecule has 2 aromatic heterocycles. The van der Waals surface area contributed by atoms with Gasteiger partial charge in [-0.1, -0.05) is 30.3 Å². The first-order valence-electron chi connectivity index (χ1n) is 10.9. The van der Waals surface area contributed by atoms with E-state index in [0.29, 0.717) is 12.2 Å². The Balaban J connectivity index is 1.27. The van der Waals surface area contributed by atoms with E-state index < -0.39 is 30.3 Å². The molecule has 2 amide bonds. The van der Waals surface area contributed by atoms with Crippen molar-refractivity contribution in [2.75, 3.05) is 36.5 Å². The minimum Gasteiger partial charge on any atom is -0.487 e. The Kier molecular flexibility index (Phi) is 5.75. The van der Waals surface area contributed by atoms with E-state index >= 15 is 0 Å². The molecule has 0 bridgehead atoms. The number of alkyl halides is 2. The van der Waals surface area contributed by atoms with Crippen molar-refractivity contribution in [2.45, 2.75) is 24.9 Å². The molecule has 4 heterocycles. The minimum absolute atomic E-state index is 0.179. The number of benzene rings is 1. The monoisotopic (exact) mass is 484 g/mol. The van der Waals surface area contributed by atoms with Crippen molar-refractivity contribution in [1.82, 2.24) is 30.5 Å². The van der Waals surface area contributed by atoms with Crippen molar-refractivity contribution in [3.8, 4) is 5.75 Å². The third-order valence-electron chi connectivity index (χ3n) is 5.83. The lowest BCUT2D eigenvalue weighted by Gasteiger charge is -2.21. The van der Waals surface area contributed by atoms with Crippen LogP contribution in [0, 0.1) is 0 Å². The summed E-state index contributed by atoms with van der Waals surface area (Å²) in [5.41, 5.74) is 1.41. The van der Waals surface area contributed by atoms with Crippen molar-refractivity contribution >= 4 is 23.3 Å². The van der Waals surface area contributed by atoms with Gasteiger partial charge in [0.15, 0.2) is 11.6 Å². The largest absolute Gasteiger partial charge is 0.487 e. The average molecular weight is 484 g/mol. The molecule has 1 saturated heterocycles. The Morgan fingerprint density at radius 2 is 2.09 bits per heavy atom. The van der Waals surface area contributed by atoms with Gasteiger partial charge in [-0.3, -0.25) is 14.5 Å². The standard InChI is InChI=1S/C22H22F2N8O3/c1-30-19-17(9-15(10-25-19)31-8-7-22(23,24)13-31)35-12-16(21(30)34)26-20(33)18-27-29-32(28-18)11-14-5-3-2-4-6-14/h2-6,9-10,16H,7-8,11-13H2,1H3,(H,26,33)/t16-/m0/s1. The second kappa shape index (κ2) is 8.89. The van der Waals surface area contributed by atoms with E-state index in [4.69, 9.17) is 4.74 Å². The number of nitrogens with one attached hydrogen (secondary N) is 1. The Labute approximate surface area is 198 Å². The number of anilines is 2. The molecule has 1 fully saturated rings. The summed E-state index contributed by atoms with van der Waals surface area (Å²) in [5, 5.41) is 14.3. The number of likely N-dealkylation sites (N-methyl/N-ethyl adjacent to an activating group) is 1. The van der Waals surface area contributed by atoms with Crippen molar-refractivity contribution in [3.63, 3.8) is 0 Å².